The average molecular weight is 793 g/mol. The lowest BCUT2D eigenvalue weighted by Gasteiger charge is -2.12. The third kappa shape index (κ3) is 30.6. The van der Waals surface area contributed by atoms with Crippen LogP contribution in [0, 0.1) is 0 Å². The van der Waals surface area contributed by atoms with E-state index in [2.05, 4.69) is 57.2 Å². The molecule has 6 nitrogen and oxygen atoms in total. The predicted molar refractivity (Wildman–Crippen MR) is 240 cm³/mol. The number of carbonyl (C=O) groups is 3. The molecule has 0 aliphatic heterocycles. The van der Waals surface area contributed by atoms with Gasteiger partial charge in [-0.25, -0.2) is 14.4 Å². The van der Waals surface area contributed by atoms with E-state index >= 15 is 0 Å². The SMILES string of the molecule is CCCCCCC/C=C/CCCCCOC(=O)c1ccc(C(=O)OCCCCC/C=C/CCCCCCC)c(C(=O)OCCCCC/C=C/CCCCCCC)c1. The first-order valence-electron chi connectivity index (χ1n) is 23.6. The minimum atomic E-state index is -0.620. The van der Waals surface area contributed by atoms with Gasteiger partial charge in [-0.3, -0.25) is 0 Å². The van der Waals surface area contributed by atoms with Gasteiger partial charge in [0.25, 0.3) is 0 Å². The molecule has 0 bridgehead atoms. The van der Waals surface area contributed by atoms with Gasteiger partial charge in [0.1, 0.15) is 0 Å². The highest BCUT2D eigenvalue weighted by Crippen LogP contribution is 2.18. The Bertz CT molecular complexity index is 1210. The molecule has 0 heterocycles. The van der Waals surface area contributed by atoms with Gasteiger partial charge in [-0.05, 0) is 134 Å². The quantitative estimate of drug-likeness (QED) is 0.0286. The number of unbranched alkanes of at least 4 members (excludes halogenated alkanes) is 24. The van der Waals surface area contributed by atoms with E-state index in [9.17, 15) is 14.4 Å². The van der Waals surface area contributed by atoms with Gasteiger partial charge < -0.3 is 14.2 Å². The third-order valence-electron chi connectivity index (χ3n) is 10.4. The maximum Gasteiger partial charge on any atom is 0.339 e. The van der Waals surface area contributed by atoms with Gasteiger partial charge in [0.15, 0.2) is 0 Å². The number of ether oxygens (including phenoxy) is 3. The van der Waals surface area contributed by atoms with Crippen molar-refractivity contribution in [3.63, 3.8) is 0 Å². The summed E-state index contributed by atoms with van der Waals surface area (Å²) in [7, 11) is 0. The van der Waals surface area contributed by atoms with Crippen LogP contribution in [0.2, 0.25) is 0 Å². The lowest BCUT2D eigenvalue weighted by atomic mass is 10.0. The van der Waals surface area contributed by atoms with Crippen LogP contribution in [0.1, 0.15) is 244 Å². The summed E-state index contributed by atoms with van der Waals surface area (Å²) in [5.41, 5.74) is 0.395. The second-order valence-electron chi connectivity index (χ2n) is 15.7. The molecule has 0 aliphatic rings. The van der Waals surface area contributed by atoms with Crippen molar-refractivity contribution in [1.82, 2.24) is 0 Å². The number of hydrogen-bond acceptors (Lipinski definition) is 6. The van der Waals surface area contributed by atoms with E-state index in [4.69, 9.17) is 14.2 Å². The molecule has 1 aromatic carbocycles. The topological polar surface area (TPSA) is 78.9 Å². The Morgan fingerprint density at radius 1 is 0.368 bits per heavy atom. The molecule has 1 rings (SSSR count). The second-order valence-corrected chi connectivity index (χ2v) is 15.7. The van der Waals surface area contributed by atoms with Gasteiger partial charge >= 0.3 is 17.9 Å². The molecule has 0 atom stereocenters. The van der Waals surface area contributed by atoms with Crippen molar-refractivity contribution in [2.75, 3.05) is 19.8 Å². The van der Waals surface area contributed by atoms with Crippen LogP contribution in [0.3, 0.4) is 0 Å². The van der Waals surface area contributed by atoms with Crippen LogP contribution in [0.4, 0.5) is 0 Å². The Hall–Kier alpha value is -3.15. The summed E-state index contributed by atoms with van der Waals surface area (Å²) in [6.45, 7) is 7.57. The highest BCUT2D eigenvalue weighted by atomic mass is 16.5. The largest absolute Gasteiger partial charge is 0.462 e. The van der Waals surface area contributed by atoms with Crippen LogP contribution < -0.4 is 0 Å². The van der Waals surface area contributed by atoms with Crippen LogP contribution >= 0.6 is 0 Å². The number of allylic oxidation sites excluding steroid dienone is 6. The predicted octanol–water partition coefficient (Wildman–Crippen LogP) is 15.6. The first-order valence-corrected chi connectivity index (χ1v) is 23.6. The fourth-order valence-corrected chi connectivity index (χ4v) is 6.68. The Morgan fingerprint density at radius 3 is 1.02 bits per heavy atom. The third-order valence-corrected chi connectivity index (χ3v) is 10.4. The molecule has 0 saturated heterocycles. The van der Waals surface area contributed by atoms with Crippen molar-refractivity contribution in [1.29, 1.82) is 0 Å². The minimum Gasteiger partial charge on any atom is -0.462 e. The van der Waals surface area contributed by atoms with E-state index in [1.54, 1.807) is 0 Å². The summed E-state index contributed by atoms with van der Waals surface area (Å²) >= 11 is 0. The smallest absolute Gasteiger partial charge is 0.339 e. The van der Waals surface area contributed by atoms with Gasteiger partial charge in [-0.15, -0.1) is 0 Å². The molecule has 6 heteroatoms. The fourth-order valence-electron chi connectivity index (χ4n) is 6.68. The molecule has 0 unspecified atom stereocenters. The molecule has 0 amide bonds. The maximum absolute atomic E-state index is 13.3. The minimum absolute atomic E-state index is 0.0494. The number of benzene rings is 1. The molecule has 324 valence electrons. The van der Waals surface area contributed by atoms with Crippen LogP contribution in [-0.2, 0) is 14.2 Å². The van der Waals surface area contributed by atoms with Crippen molar-refractivity contribution >= 4 is 17.9 Å². The van der Waals surface area contributed by atoms with E-state index in [-0.39, 0.29) is 29.9 Å². The van der Waals surface area contributed by atoms with Crippen molar-refractivity contribution in [2.24, 2.45) is 0 Å². The van der Waals surface area contributed by atoms with Gasteiger partial charge in [0, 0.05) is 0 Å². The first-order chi connectivity index (χ1) is 28.0. The molecule has 0 radical (unpaired) electrons. The Balaban J connectivity index is 2.58. The van der Waals surface area contributed by atoms with Gasteiger partial charge in [-0.2, -0.15) is 0 Å². The Morgan fingerprint density at radius 2 is 0.667 bits per heavy atom. The first kappa shape index (κ1) is 51.9. The average Bonchev–Trinajstić information content (AvgIpc) is 3.22. The monoisotopic (exact) mass is 793 g/mol. The van der Waals surface area contributed by atoms with E-state index in [0.717, 1.165) is 96.3 Å². The summed E-state index contributed by atoms with van der Waals surface area (Å²) in [5.74, 6) is -1.70. The molecular weight excluding hydrogens is 709 g/mol. The molecular formula is C51H84O6. The summed E-state index contributed by atoms with van der Waals surface area (Å²) in [5, 5.41) is 0. The molecule has 0 N–H and O–H groups in total. The molecule has 1 aromatic rings. The maximum atomic E-state index is 13.3. The molecule has 0 aliphatic carbocycles. The second kappa shape index (κ2) is 39.7. The van der Waals surface area contributed by atoms with Crippen molar-refractivity contribution < 1.29 is 28.6 Å². The van der Waals surface area contributed by atoms with Crippen LogP contribution in [0.25, 0.3) is 0 Å². The van der Waals surface area contributed by atoms with Gasteiger partial charge in [0.2, 0.25) is 0 Å². The number of esters is 3. The van der Waals surface area contributed by atoms with Crippen LogP contribution in [0.5, 0.6) is 0 Å². The lowest BCUT2D eigenvalue weighted by Crippen LogP contribution is -2.17. The highest BCUT2D eigenvalue weighted by molar-refractivity contribution is 6.05. The van der Waals surface area contributed by atoms with Gasteiger partial charge in [0.05, 0.1) is 36.5 Å². The lowest BCUT2D eigenvalue weighted by molar-refractivity contribution is 0.0448. The highest BCUT2D eigenvalue weighted by Gasteiger charge is 2.22. The summed E-state index contributed by atoms with van der Waals surface area (Å²) < 4.78 is 16.8. The van der Waals surface area contributed by atoms with Crippen molar-refractivity contribution in [2.45, 2.75) is 213 Å². The van der Waals surface area contributed by atoms with Crippen molar-refractivity contribution in [3.8, 4) is 0 Å². The van der Waals surface area contributed by atoms with E-state index < -0.39 is 17.9 Å². The standard InChI is InChI=1S/C51H84O6/c1-4-7-10-13-16-19-22-25-28-31-34-37-42-55-49(52)46-40-41-47(50(53)56-43-38-35-32-29-26-23-20-17-14-11-8-5-2)48(45-46)51(54)57-44-39-36-33-30-27-24-21-18-15-12-9-6-3/h22-27,40-41,45H,4-21,28-39,42-44H2,1-3H3/b25-22+,26-23+,27-24+. The molecule has 57 heavy (non-hydrogen) atoms. The molecule has 0 aromatic heterocycles. The zero-order valence-electron chi connectivity index (χ0n) is 37.0. The number of hydrogen-bond donors (Lipinski definition) is 0. The van der Waals surface area contributed by atoms with E-state index in [1.165, 1.54) is 115 Å². The van der Waals surface area contributed by atoms with E-state index in [0.29, 0.717) is 6.61 Å². The van der Waals surface area contributed by atoms with E-state index in [1.807, 2.05) is 0 Å². The zero-order chi connectivity index (χ0) is 41.3. The van der Waals surface area contributed by atoms with Gasteiger partial charge in [-0.1, -0.05) is 134 Å². The Kier molecular flexibility index (Phi) is 36.1. The molecule has 0 saturated carbocycles. The number of rotatable bonds is 39. The van der Waals surface area contributed by atoms with Crippen LogP contribution in [0.15, 0.2) is 54.7 Å². The summed E-state index contributed by atoms with van der Waals surface area (Å²) in [4.78, 5) is 39.5. The Labute approximate surface area is 350 Å². The molecule has 0 spiro atoms. The van der Waals surface area contributed by atoms with Crippen LogP contribution in [-0.4, -0.2) is 37.7 Å². The zero-order valence-corrected chi connectivity index (χ0v) is 37.0. The number of carbonyl (C=O) groups excluding carboxylic acids is 3. The molecule has 0 fully saturated rings. The normalized spacial score (nSPS) is 11.6. The summed E-state index contributed by atoms with van der Waals surface area (Å²) in [6, 6.07) is 4.46. The summed E-state index contributed by atoms with van der Waals surface area (Å²) in [6.07, 6.45) is 48.0. The van der Waals surface area contributed by atoms with Crippen molar-refractivity contribution in [3.05, 3.63) is 71.3 Å². The fraction of sp³-hybridized carbons (Fsp3) is 0.706.